The van der Waals surface area contributed by atoms with Gasteiger partial charge in [-0.25, -0.2) is 8.42 Å². The number of benzene rings is 1. The third-order valence-electron chi connectivity index (χ3n) is 3.99. The number of morpholine rings is 1. The smallest absolute Gasteiger partial charge is 0.291 e. The van der Waals surface area contributed by atoms with Crippen molar-refractivity contribution in [1.29, 1.82) is 0 Å². The summed E-state index contributed by atoms with van der Waals surface area (Å²) in [6.45, 7) is 1.22. The molecule has 1 aliphatic rings. The molecule has 9 heteroatoms. The number of anilines is 2. The largest absolute Gasteiger partial charge is 0.438 e. The van der Waals surface area contributed by atoms with Crippen LogP contribution < -0.4 is 10.2 Å². The molecule has 0 saturated carbocycles. The van der Waals surface area contributed by atoms with Crippen molar-refractivity contribution in [1.82, 2.24) is 4.31 Å². The van der Waals surface area contributed by atoms with Gasteiger partial charge in [0, 0.05) is 38.6 Å². The molecule has 0 radical (unpaired) electrons. The minimum Gasteiger partial charge on any atom is -0.438 e. The maximum absolute atomic E-state index is 12.5. The van der Waals surface area contributed by atoms with Crippen molar-refractivity contribution in [3.05, 3.63) is 42.2 Å². The molecule has 1 fully saturated rings. The molecule has 1 aromatic heterocycles. The Morgan fingerprint density at radius 1 is 1.15 bits per heavy atom. The first kappa shape index (κ1) is 18.4. The molecule has 1 N–H and O–H groups in total. The van der Waals surface area contributed by atoms with Crippen molar-refractivity contribution in [3.63, 3.8) is 0 Å². The molecular weight excluding hydrogens is 358 g/mol. The molecule has 140 valence electrons. The van der Waals surface area contributed by atoms with Gasteiger partial charge in [0.2, 0.25) is 5.09 Å². The zero-order valence-electron chi connectivity index (χ0n) is 14.6. The van der Waals surface area contributed by atoms with E-state index < -0.39 is 15.9 Å². The summed E-state index contributed by atoms with van der Waals surface area (Å²) in [5.41, 5.74) is 1.52. The number of sulfonamides is 1. The monoisotopic (exact) mass is 379 g/mol. The third-order valence-corrected chi connectivity index (χ3v) is 5.76. The van der Waals surface area contributed by atoms with E-state index in [4.69, 9.17) is 9.15 Å². The van der Waals surface area contributed by atoms with Crippen LogP contribution in [0.25, 0.3) is 0 Å². The van der Waals surface area contributed by atoms with Crippen LogP contribution in [0.4, 0.5) is 11.4 Å². The first-order chi connectivity index (χ1) is 12.4. The van der Waals surface area contributed by atoms with Gasteiger partial charge in [-0.15, -0.1) is 0 Å². The van der Waals surface area contributed by atoms with Crippen LogP contribution in [0.3, 0.4) is 0 Å². The van der Waals surface area contributed by atoms with E-state index in [-0.39, 0.29) is 23.9 Å². The molecule has 0 aliphatic carbocycles. The van der Waals surface area contributed by atoms with Crippen molar-refractivity contribution < 1.29 is 22.4 Å². The number of nitrogens with zero attached hydrogens (tertiary/aromatic N) is 2. The summed E-state index contributed by atoms with van der Waals surface area (Å²) in [6.07, 6.45) is 0. The fraction of sp³-hybridized carbons (Fsp3) is 0.353. The van der Waals surface area contributed by atoms with Gasteiger partial charge in [0.25, 0.3) is 15.9 Å². The molecule has 8 nitrogen and oxygen atoms in total. The molecule has 0 bridgehead atoms. The number of ether oxygens (including phenoxy) is 1. The average Bonchev–Trinajstić information content (AvgIpc) is 3.14. The summed E-state index contributed by atoms with van der Waals surface area (Å²) in [5.74, 6) is -0.573. The van der Waals surface area contributed by atoms with Gasteiger partial charge in [-0.05, 0) is 30.3 Å². The van der Waals surface area contributed by atoms with Gasteiger partial charge >= 0.3 is 0 Å². The van der Waals surface area contributed by atoms with Gasteiger partial charge in [-0.3, -0.25) is 4.79 Å². The second kappa shape index (κ2) is 7.48. The topological polar surface area (TPSA) is 92.1 Å². The highest BCUT2D eigenvalue weighted by molar-refractivity contribution is 7.89. The minimum atomic E-state index is -3.77. The lowest BCUT2D eigenvalue weighted by Crippen LogP contribution is -2.40. The van der Waals surface area contributed by atoms with Crippen LogP contribution in [0.5, 0.6) is 0 Å². The maximum atomic E-state index is 12.5. The third kappa shape index (κ3) is 3.90. The van der Waals surface area contributed by atoms with Crippen LogP contribution in [0.1, 0.15) is 10.6 Å². The average molecular weight is 379 g/mol. The molecular formula is C17H21N3O5S. The van der Waals surface area contributed by atoms with E-state index in [0.29, 0.717) is 18.9 Å². The van der Waals surface area contributed by atoms with Crippen LogP contribution in [0, 0.1) is 0 Å². The molecule has 2 aromatic rings. The van der Waals surface area contributed by atoms with Crippen molar-refractivity contribution in [2.24, 2.45) is 0 Å². The highest BCUT2D eigenvalue weighted by Crippen LogP contribution is 2.22. The fourth-order valence-corrected chi connectivity index (χ4v) is 3.87. The molecule has 1 aromatic carbocycles. The van der Waals surface area contributed by atoms with Gasteiger partial charge in [0.15, 0.2) is 5.76 Å². The van der Waals surface area contributed by atoms with E-state index in [0.717, 1.165) is 5.69 Å². The second-order valence-electron chi connectivity index (χ2n) is 6.03. The fourth-order valence-electron chi connectivity index (χ4n) is 2.55. The van der Waals surface area contributed by atoms with Crippen molar-refractivity contribution in [2.75, 3.05) is 50.6 Å². The summed E-state index contributed by atoms with van der Waals surface area (Å²) in [7, 11) is 0.0326. The predicted molar refractivity (Wildman–Crippen MR) is 97.0 cm³/mol. The van der Waals surface area contributed by atoms with E-state index in [1.54, 1.807) is 6.07 Å². The summed E-state index contributed by atoms with van der Waals surface area (Å²) >= 11 is 0. The number of nitrogens with one attached hydrogen (secondary N) is 1. The van der Waals surface area contributed by atoms with Gasteiger partial charge in [-0.1, -0.05) is 6.07 Å². The van der Waals surface area contributed by atoms with Crippen molar-refractivity contribution in [2.45, 2.75) is 5.09 Å². The number of carbonyl (C=O) groups is 1. The Bertz CT molecular complexity index is 885. The lowest BCUT2D eigenvalue weighted by Gasteiger charge is -2.24. The van der Waals surface area contributed by atoms with E-state index in [1.165, 1.54) is 16.4 Å². The molecule has 1 saturated heterocycles. The molecule has 0 unspecified atom stereocenters. The number of carbonyl (C=O) groups excluding carboxylic acids is 1. The Morgan fingerprint density at radius 2 is 1.88 bits per heavy atom. The van der Waals surface area contributed by atoms with E-state index in [9.17, 15) is 13.2 Å². The molecule has 1 aliphatic heterocycles. The van der Waals surface area contributed by atoms with Gasteiger partial charge < -0.3 is 19.4 Å². The SMILES string of the molecule is CN(C)c1cccc(NC(=O)c2ccc(S(=O)(=O)N3CCOCC3)o2)c1. The molecule has 0 atom stereocenters. The Hall–Kier alpha value is -2.36. The summed E-state index contributed by atoms with van der Waals surface area (Å²) < 4.78 is 36.9. The van der Waals surface area contributed by atoms with E-state index in [1.807, 2.05) is 37.2 Å². The minimum absolute atomic E-state index is 0.0629. The molecule has 3 rings (SSSR count). The van der Waals surface area contributed by atoms with Gasteiger partial charge in [0.05, 0.1) is 13.2 Å². The number of hydrogen-bond acceptors (Lipinski definition) is 6. The van der Waals surface area contributed by atoms with Gasteiger partial charge in [0.1, 0.15) is 0 Å². The van der Waals surface area contributed by atoms with Crippen LogP contribution in [-0.2, 0) is 14.8 Å². The number of amides is 1. The molecule has 0 spiro atoms. The number of furan rings is 1. The van der Waals surface area contributed by atoms with Crippen LogP contribution >= 0.6 is 0 Å². The number of hydrogen-bond donors (Lipinski definition) is 1. The standard InChI is InChI=1S/C17H21N3O5S/c1-19(2)14-5-3-4-13(12-14)18-17(21)15-6-7-16(25-15)26(22,23)20-8-10-24-11-9-20/h3-7,12H,8-11H2,1-2H3,(H,18,21). The summed E-state index contributed by atoms with van der Waals surface area (Å²) in [5, 5.41) is 2.47. The molecule has 2 heterocycles. The maximum Gasteiger partial charge on any atom is 0.291 e. The second-order valence-corrected chi connectivity index (χ2v) is 7.90. The lowest BCUT2D eigenvalue weighted by molar-refractivity contribution is 0.0723. The Kier molecular flexibility index (Phi) is 5.30. The summed E-state index contributed by atoms with van der Waals surface area (Å²) in [4.78, 5) is 14.3. The zero-order chi connectivity index (χ0) is 18.7. The highest BCUT2D eigenvalue weighted by atomic mass is 32.2. The van der Waals surface area contributed by atoms with Crippen LogP contribution in [0.2, 0.25) is 0 Å². The first-order valence-electron chi connectivity index (χ1n) is 8.14. The van der Waals surface area contributed by atoms with Gasteiger partial charge in [-0.2, -0.15) is 4.31 Å². The zero-order valence-corrected chi connectivity index (χ0v) is 15.5. The summed E-state index contributed by atoms with van der Waals surface area (Å²) in [6, 6.07) is 9.96. The molecule has 26 heavy (non-hydrogen) atoms. The van der Waals surface area contributed by atoms with E-state index in [2.05, 4.69) is 5.32 Å². The van der Waals surface area contributed by atoms with E-state index >= 15 is 0 Å². The Balaban J connectivity index is 1.75. The quantitative estimate of drug-likeness (QED) is 0.849. The highest BCUT2D eigenvalue weighted by Gasteiger charge is 2.30. The first-order valence-corrected chi connectivity index (χ1v) is 9.58. The number of rotatable bonds is 5. The molecule has 1 amide bonds. The van der Waals surface area contributed by atoms with Crippen molar-refractivity contribution >= 4 is 27.3 Å². The van der Waals surface area contributed by atoms with Crippen molar-refractivity contribution in [3.8, 4) is 0 Å². The lowest BCUT2D eigenvalue weighted by atomic mass is 10.2. The van der Waals surface area contributed by atoms with Crippen LogP contribution in [0.15, 0.2) is 45.9 Å². The predicted octanol–water partition coefficient (Wildman–Crippen LogP) is 1.62. The Labute approximate surface area is 152 Å². The Morgan fingerprint density at radius 3 is 2.58 bits per heavy atom. The van der Waals surface area contributed by atoms with Crippen LogP contribution in [-0.4, -0.2) is 59.0 Å². The normalized spacial score (nSPS) is 15.6.